The standard InChI is InChI=1S/C9H15NO3S/c1-9(2,3)8-7(5-6-10-8)13-14(4,11)12/h5-6,10H,1-4H3. The molecule has 0 saturated carbocycles. The first-order chi connectivity index (χ1) is 6.20. The maximum Gasteiger partial charge on any atom is 0.306 e. The number of aromatic nitrogens is 1. The summed E-state index contributed by atoms with van der Waals surface area (Å²) >= 11 is 0. The zero-order valence-electron chi connectivity index (χ0n) is 8.79. The Kier molecular flexibility index (Phi) is 2.63. The number of hydrogen-bond acceptors (Lipinski definition) is 3. The maximum absolute atomic E-state index is 10.9. The van der Waals surface area contributed by atoms with Crippen molar-refractivity contribution in [3.8, 4) is 5.75 Å². The van der Waals surface area contributed by atoms with Crippen LogP contribution in [-0.4, -0.2) is 19.7 Å². The third kappa shape index (κ3) is 2.77. The molecule has 4 nitrogen and oxygen atoms in total. The molecular formula is C9H15NO3S. The van der Waals surface area contributed by atoms with Gasteiger partial charge in [0.15, 0.2) is 5.75 Å². The number of rotatable bonds is 2. The molecule has 0 aliphatic rings. The third-order valence-corrected chi connectivity index (χ3v) is 2.18. The molecule has 0 amide bonds. The molecule has 80 valence electrons. The van der Waals surface area contributed by atoms with Gasteiger partial charge in [-0.05, 0) is 6.07 Å². The molecule has 0 aliphatic carbocycles. The highest BCUT2D eigenvalue weighted by Crippen LogP contribution is 2.30. The van der Waals surface area contributed by atoms with Crippen molar-refractivity contribution in [3.05, 3.63) is 18.0 Å². The molecule has 1 aromatic rings. The first kappa shape index (κ1) is 11.1. The van der Waals surface area contributed by atoms with Crippen molar-refractivity contribution in [2.45, 2.75) is 26.2 Å². The van der Waals surface area contributed by atoms with E-state index in [2.05, 4.69) is 4.98 Å². The Morgan fingerprint density at radius 1 is 1.36 bits per heavy atom. The molecule has 1 aromatic heterocycles. The smallest absolute Gasteiger partial charge is 0.306 e. The van der Waals surface area contributed by atoms with E-state index >= 15 is 0 Å². The summed E-state index contributed by atoms with van der Waals surface area (Å²) in [6, 6.07) is 1.61. The second-order valence-corrected chi connectivity index (χ2v) is 5.83. The minimum atomic E-state index is -3.45. The predicted molar refractivity (Wildman–Crippen MR) is 55.0 cm³/mol. The predicted octanol–water partition coefficient (Wildman–Crippen LogP) is 1.65. The van der Waals surface area contributed by atoms with E-state index in [9.17, 15) is 8.42 Å². The Balaban J connectivity index is 3.06. The van der Waals surface area contributed by atoms with Gasteiger partial charge in [-0.1, -0.05) is 20.8 Å². The summed E-state index contributed by atoms with van der Waals surface area (Å²) < 4.78 is 26.7. The molecule has 1 rings (SSSR count). The first-order valence-corrected chi connectivity index (χ1v) is 6.09. The molecule has 0 aromatic carbocycles. The second kappa shape index (κ2) is 3.31. The molecule has 0 spiro atoms. The molecule has 0 unspecified atom stereocenters. The van der Waals surface area contributed by atoms with Crippen molar-refractivity contribution in [1.82, 2.24) is 4.98 Å². The summed E-state index contributed by atoms with van der Waals surface area (Å²) in [5.74, 6) is 0.375. The van der Waals surface area contributed by atoms with E-state index in [1.807, 2.05) is 20.8 Å². The highest BCUT2D eigenvalue weighted by atomic mass is 32.2. The first-order valence-electron chi connectivity index (χ1n) is 4.27. The van der Waals surface area contributed by atoms with Gasteiger partial charge in [-0.3, -0.25) is 0 Å². The lowest BCUT2D eigenvalue weighted by molar-refractivity contribution is 0.474. The SMILES string of the molecule is CC(C)(C)c1[nH]ccc1OS(C)(=O)=O. The van der Waals surface area contributed by atoms with Crippen molar-refractivity contribution in [2.75, 3.05) is 6.26 Å². The Morgan fingerprint density at radius 2 is 1.93 bits per heavy atom. The van der Waals surface area contributed by atoms with E-state index in [4.69, 9.17) is 4.18 Å². The maximum atomic E-state index is 10.9. The van der Waals surface area contributed by atoms with Crippen molar-refractivity contribution >= 4 is 10.1 Å². The number of aromatic amines is 1. The van der Waals surface area contributed by atoms with Crippen molar-refractivity contribution in [1.29, 1.82) is 0 Å². The molecule has 0 radical (unpaired) electrons. The van der Waals surface area contributed by atoms with Gasteiger partial charge < -0.3 is 9.17 Å². The Morgan fingerprint density at radius 3 is 2.36 bits per heavy atom. The van der Waals surface area contributed by atoms with Crippen LogP contribution in [0.15, 0.2) is 12.3 Å². The van der Waals surface area contributed by atoms with Crippen LogP contribution in [0, 0.1) is 0 Å². The molecule has 1 N–H and O–H groups in total. The summed E-state index contributed by atoms with van der Waals surface area (Å²) in [7, 11) is -3.45. The van der Waals surface area contributed by atoms with Crippen LogP contribution in [0.4, 0.5) is 0 Å². The average Bonchev–Trinajstić information content (AvgIpc) is 2.29. The highest BCUT2D eigenvalue weighted by Gasteiger charge is 2.22. The molecule has 0 aliphatic heterocycles. The number of nitrogens with one attached hydrogen (secondary N) is 1. The average molecular weight is 217 g/mol. The minimum absolute atomic E-state index is 0.163. The van der Waals surface area contributed by atoms with Crippen molar-refractivity contribution in [2.24, 2.45) is 0 Å². The van der Waals surface area contributed by atoms with Crippen LogP contribution < -0.4 is 4.18 Å². The topological polar surface area (TPSA) is 59.2 Å². The summed E-state index contributed by atoms with van der Waals surface area (Å²) in [6.45, 7) is 5.94. The van der Waals surface area contributed by atoms with E-state index in [-0.39, 0.29) is 5.41 Å². The van der Waals surface area contributed by atoms with Crippen LogP contribution in [0.1, 0.15) is 26.5 Å². The molecule has 1 heterocycles. The summed E-state index contributed by atoms with van der Waals surface area (Å²) in [6.07, 6.45) is 2.70. The molecule has 0 saturated heterocycles. The van der Waals surface area contributed by atoms with Crippen LogP contribution in [0.25, 0.3) is 0 Å². The van der Waals surface area contributed by atoms with E-state index in [1.54, 1.807) is 12.3 Å². The Bertz CT molecular complexity index is 412. The summed E-state index contributed by atoms with van der Waals surface area (Å²) in [5.41, 5.74) is 0.617. The van der Waals surface area contributed by atoms with Crippen LogP contribution in [0.3, 0.4) is 0 Å². The largest absolute Gasteiger partial charge is 0.381 e. The lowest BCUT2D eigenvalue weighted by atomic mass is 9.92. The third-order valence-electron chi connectivity index (χ3n) is 1.70. The molecule has 14 heavy (non-hydrogen) atoms. The molecule has 5 heteroatoms. The highest BCUT2D eigenvalue weighted by molar-refractivity contribution is 7.86. The molecular weight excluding hydrogens is 202 g/mol. The zero-order chi connectivity index (χ0) is 11.0. The van der Waals surface area contributed by atoms with Crippen LogP contribution in [0.2, 0.25) is 0 Å². The van der Waals surface area contributed by atoms with Gasteiger partial charge in [0.25, 0.3) is 0 Å². The van der Waals surface area contributed by atoms with Gasteiger partial charge >= 0.3 is 10.1 Å². The number of hydrogen-bond donors (Lipinski definition) is 1. The van der Waals surface area contributed by atoms with Crippen LogP contribution >= 0.6 is 0 Å². The van der Waals surface area contributed by atoms with Gasteiger partial charge in [0.2, 0.25) is 0 Å². The fourth-order valence-corrected chi connectivity index (χ4v) is 1.64. The summed E-state index contributed by atoms with van der Waals surface area (Å²) in [5, 5.41) is 0. The minimum Gasteiger partial charge on any atom is -0.381 e. The van der Waals surface area contributed by atoms with Crippen LogP contribution in [-0.2, 0) is 15.5 Å². The van der Waals surface area contributed by atoms with Crippen molar-refractivity contribution in [3.63, 3.8) is 0 Å². The fourth-order valence-electron chi connectivity index (χ4n) is 1.17. The Hall–Kier alpha value is -0.970. The van der Waals surface area contributed by atoms with Gasteiger partial charge in [-0.2, -0.15) is 8.42 Å². The van der Waals surface area contributed by atoms with E-state index in [0.29, 0.717) is 5.75 Å². The normalized spacial score (nSPS) is 12.9. The lowest BCUT2D eigenvalue weighted by Gasteiger charge is -2.18. The monoisotopic (exact) mass is 217 g/mol. The van der Waals surface area contributed by atoms with E-state index < -0.39 is 10.1 Å². The van der Waals surface area contributed by atoms with Gasteiger partial charge in [0, 0.05) is 11.6 Å². The van der Waals surface area contributed by atoms with Gasteiger partial charge in [-0.25, -0.2) is 0 Å². The van der Waals surface area contributed by atoms with Crippen LogP contribution in [0.5, 0.6) is 5.75 Å². The fraction of sp³-hybridized carbons (Fsp3) is 0.556. The zero-order valence-corrected chi connectivity index (χ0v) is 9.60. The molecule has 0 atom stereocenters. The van der Waals surface area contributed by atoms with Gasteiger partial charge in [0.1, 0.15) is 0 Å². The van der Waals surface area contributed by atoms with E-state index in [1.165, 1.54) is 0 Å². The Labute approximate surface area is 84.4 Å². The van der Waals surface area contributed by atoms with Crippen molar-refractivity contribution < 1.29 is 12.6 Å². The van der Waals surface area contributed by atoms with E-state index in [0.717, 1.165) is 11.9 Å². The lowest BCUT2D eigenvalue weighted by Crippen LogP contribution is -2.15. The molecule has 0 fully saturated rings. The second-order valence-electron chi connectivity index (χ2n) is 4.25. The summed E-state index contributed by atoms with van der Waals surface area (Å²) in [4.78, 5) is 2.98. The molecule has 0 bridgehead atoms. The quantitative estimate of drug-likeness (QED) is 0.766. The van der Waals surface area contributed by atoms with Gasteiger partial charge in [-0.15, -0.1) is 0 Å². The number of H-pyrrole nitrogens is 1. The van der Waals surface area contributed by atoms with Gasteiger partial charge in [0.05, 0.1) is 11.9 Å².